The molecule has 2 aromatic carbocycles. The summed E-state index contributed by atoms with van der Waals surface area (Å²) in [6, 6.07) is 10.6. The first-order chi connectivity index (χ1) is 12.8. The van der Waals surface area contributed by atoms with Crippen LogP contribution in [0.2, 0.25) is 0 Å². The van der Waals surface area contributed by atoms with Crippen LogP contribution in [0.1, 0.15) is 24.1 Å². The molecule has 5 nitrogen and oxygen atoms in total. The molecule has 0 heterocycles. The average molecular weight is 375 g/mol. The zero-order valence-electron chi connectivity index (χ0n) is 15.6. The molecule has 144 valence electrons. The predicted octanol–water partition coefficient (Wildman–Crippen LogP) is 3.02. The molecule has 27 heavy (non-hydrogen) atoms. The molecule has 0 saturated carbocycles. The third-order valence-electron chi connectivity index (χ3n) is 4.14. The minimum absolute atomic E-state index is 0.0333. The summed E-state index contributed by atoms with van der Waals surface area (Å²) in [7, 11) is 1.53. The van der Waals surface area contributed by atoms with Crippen molar-refractivity contribution in [2.45, 2.75) is 19.9 Å². The molecule has 0 aliphatic heterocycles. The molecule has 0 bridgehead atoms. The molecule has 2 N–H and O–H groups in total. The quantitative estimate of drug-likeness (QED) is 0.782. The van der Waals surface area contributed by atoms with E-state index < -0.39 is 11.6 Å². The molecule has 1 atom stereocenters. The van der Waals surface area contributed by atoms with E-state index in [4.69, 9.17) is 0 Å². The molecule has 0 unspecified atom stereocenters. The zero-order valence-corrected chi connectivity index (χ0v) is 15.6. The fourth-order valence-electron chi connectivity index (χ4n) is 2.42. The maximum absolute atomic E-state index is 13.3. The maximum Gasteiger partial charge on any atom is 0.243 e. The van der Waals surface area contributed by atoms with Crippen molar-refractivity contribution in [1.82, 2.24) is 10.2 Å². The molecule has 0 aliphatic carbocycles. The summed E-state index contributed by atoms with van der Waals surface area (Å²) < 4.78 is 26.3. The second-order valence-corrected chi connectivity index (χ2v) is 6.44. The molecular weight excluding hydrogens is 352 g/mol. The number of nitrogens with zero attached hydrogens (tertiary/aromatic N) is 1. The number of carbonyl (C=O) groups is 2. The number of aryl methyl sites for hydroxylation is 1. The molecule has 0 aliphatic rings. The zero-order chi connectivity index (χ0) is 20.0. The minimum atomic E-state index is -0.933. The molecule has 0 aromatic heterocycles. The van der Waals surface area contributed by atoms with Gasteiger partial charge in [-0.15, -0.1) is 0 Å². The Morgan fingerprint density at radius 2 is 1.74 bits per heavy atom. The largest absolute Gasteiger partial charge is 0.335 e. The number of nitrogens with one attached hydrogen (secondary N) is 2. The Morgan fingerprint density at radius 3 is 2.37 bits per heavy atom. The van der Waals surface area contributed by atoms with Crippen LogP contribution in [0.4, 0.5) is 14.5 Å². The number of hydrogen-bond acceptors (Lipinski definition) is 3. The first-order valence-corrected chi connectivity index (χ1v) is 8.55. The van der Waals surface area contributed by atoms with Gasteiger partial charge in [-0.2, -0.15) is 0 Å². The molecule has 2 aromatic rings. The number of rotatable bonds is 7. The van der Waals surface area contributed by atoms with Gasteiger partial charge in [0.05, 0.1) is 13.1 Å². The highest BCUT2D eigenvalue weighted by Crippen LogP contribution is 2.15. The van der Waals surface area contributed by atoms with Crippen molar-refractivity contribution < 1.29 is 18.4 Å². The van der Waals surface area contributed by atoms with Crippen molar-refractivity contribution in [2.24, 2.45) is 0 Å². The first kappa shape index (κ1) is 20.5. The van der Waals surface area contributed by atoms with Gasteiger partial charge in [0.25, 0.3) is 0 Å². The second kappa shape index (κ2) is 9.23. The van der Waals surface area contributed by atoms with Crippen molar-refractivity contribution in [2.75, 3.05) is 25.5 Å². The van der Waals surface area contributed by atoms with Gasteiger partial charge in [0.15, 0.2) is 11.6 Å². The van der Waals surface area contributed by atoms with Crippen LogP contribution in [0.15, 0.2) is 42.5 Å². The highest BCUT2D eigenvalue weighted by molar-refractivity contribution is 5.94. The van der Waals surface area contributed by atoms with E-state index in [1.807, 2.05) is 19.1 Å². The van der Waals surface area contributed by atoms with Gasteiger partial charge in [0.1, 0.15) is 0 Å². The predicted molar refractivity (Wildman–Crippen MR) is 100 cm³/mol. The van der Waals surface area contributed by atoms with Crippen molar-refractivity contribution in [3.63, 3.8) is 0 Å². The Labute approximate surface area is 157 Å². The number of halogens is 2. The summed E-state index contributed by atoms with van der Waals surface area (Å²) in [4.78, 5) is 25.5. The number of benzene rings is 2. The van der Waals surface area contributed by atoms with E-state index in [9.17, 15) is 18.4 Å². The van der Waals surface area contributed by atoms with Crippen molar-refractivity contribution in [3.8, 4) is 0 Å². The van der Waals surface area contributed by atoms with E-state index in [1.165, 1.54) is 18.0 Å². The smallest absolute Gasteiger partial charge is 0.243 e. The van der Waals surface area contributed by atoms with Crippen LogP contribution >= 0.6 is 0 Å². The first-order valence-electron chi connectivity index (χ1n) is 8.55. The Balaban J connectivity index is 1.81. The van der Waals surface area contributed by atoms with Crippen LogP contribution in [-0.4, -0.2) is 36.9 Å². The molecule has 7 heteroatoms. The Hall–Kier alpha value is -2.80. The third kappa shape index (κ3) is 6.14. The highest BCUT2D eigenvalue weighted by atomic mass is 19.2. The number of likely N-dealkylation sites (N-methyl/N-ethyl adjacent to an activating group) is 1. The molecule has 0 radical (unpaired) electrons. The fraction of sp³-hybridized carbons (Fsp3) is 0.300. The molecule has 0 spiro atoms. The van der Waals surface area contributed by atoms with Gasteiger partial charge in [0.2, 0.25) is 11.8 Å². The van der Waals surface area contributed by atoms with Gasteiger partial charge in [-0.25, -0.2) is 8.78 Å². The van der Waals surface area contributed by atoms with Gasteiger partial charge in [-0.05, 0) is 43.7 Å². The van der Waals surface area contributed by atoms with Gasteiger partial charge in [0, 0.05) is 18.8 Å². The highest BCUT2D eigenvalue weighted by Gasteiger charge is 2.15. The Bertz CT molecular complexity index is 809. The van der Waals surface area contributed by atoms with Crippen LogP contribution in [0, 0.1) is 18.6 Å². The Morgan fingerprint density at radius 1 is 1.07 bits per heavy atom. The van der Waals surface area contributed by atoms with Crippen LogP contribution in [0.5, 0.6) is 0 Å². The van der Waals surface area contributed by atoms with E-state index in [0.717, 1.165) is 17.7 Å². The average Bonchev–Trinajstić information content (AvgIpc) is 2.63. The summed E-state index contributed by atoms with van der Waals surface area (Å²) in [5.74, 6) is -2.44. The summed E-state index contributed by atoms with van der Waals surface area (Å²) >= 11 is 0. The molecule has 0 saturated heterocycles. The van der Waals surface area contributed by atoms with Crippen molar-refractivity contribution in [1.29, 1.82) is 0 Å². The van der Waals surface area contributed by atoms with Gasteiger partial charge >= 0.3 is 0 Å². The van der Waals surface area contributed by atoms with Crippen LogP contribution in [0.3, 0.4) is 0 Å². The van der Waals surface area contributed by atoms with Crippen LogP contribution in [-0.2, 0) is 9.59 Å². The lowest BCUT2D eigenvalue weighted by atomic mass is 10.1. The van der Waals surface area contributed by atoms with E-state index >= 15 is 0 Å². The lowest BCUT2D eigenvalue weighted by Crippen LogP contribution is -2.40. The summed E-state index contributed by atoms with van der Waals surface area (Å²) in [6.07, 6.45) is 0. The van der Waals surface area contributed by atoms with E-state index in [2.05, 4.69) is 10.6 Å². The topological polar surface area (TPSA) is 61.4 Å². The normalized spacial score (nSPS) is 11.7. The minimum Gasteiger partial charge on any atom is -0.335 e. The molecule has 2 rings (SSSR count). The van der Waals surface area contributed by atoms with Crippen LogP contribution < -0.4 is 10.6 Å². The van der Waals surface area contributed by atoms with E-state index in [1.54, 1.807) is 19.1 Å². The summed E-state index contributed by atoms with van der Waals surface area (Å²) in [5.41, 5.74) is 2.28. The molecule has 0 fully saturated rings. The van der Waals surface area contributed by atoms with Crippen molar-refractivity contribution >= 4 is 17.5 Å². The fourth-order valence-corrected chi connectivity index (χ4v) is 2.42. The Kier molecular flexibility index (Phi) is 7.01. The summed E-state index contributed by atoms with van der Waals surface area (Å²) in [6.45, 7) is 3.57. The van der Waals surface area contributed by atoms with Crippen molar-refractivity contribution in [3.05, 3.63) is 65.2 Å². The lowest BCUT2D eigenvalue weighted by molar-refractivity contribution is -0.132. The monoisotopic (exact) mass is 375 g/mol. The van der Waals surface area contributed by atoms with E-state index in [-0.39, 0.29) is 30.9 Å². The van der Waals surface area contributed by atoms with Crippen LogP contribution in [0.25, 0.3) is 0 Å². The number of carbonyl (C=O) groups excluding carboxylic acids is 2. The van der Waals surface area contributed by atoms with Gasteiger partial charge in [-0.1, -0.05) is 23.8 Å². The molecule has 2 amide bonds. The maximum atomic E-state index is 13.3. The summed E-state index contributed by atoms with van der Waals surface area (Å²) in [5, 5.41) is 5.67. The van der Waals surface area contributed by atoms with Gasteiger partial charge < -0.3 is 15.5 Å². The second-order valence-electron chi connectivity index (χ2n) is 6.44. The lowest BCUT2D eigenvalue weighted by Gasteiger charge is -2.19. The standard InChI is InChI=1S/C20H23F2N3O2/c1-13-4-7-16(8-5-13)24-19(26)12-25(3)20(27)11-23-14(2)15-6-9-17(21)18(22)10-15/h4-10,14,23H,11-12H2,1-3H3,(H,24,26)/t14-/m1/s1. The number of hydrogen-bond donors (Lipinski definition) is 2. The SMILES string of the molecule is Cc1ccc(NC(=O)CN(C)C(=O)CN[C@H](C)c2ccc(F)c(F)c2)cc1. The van der Waals surface area contributed by atoms with Gasteiger partial charge in [-0.3, -0.25) is 9.59 Å². The number of amides is 2. The third-order valence-corrected chi connectivity index (χ3v) is 4.14. The molecular formula is C20H23F2N3O2. The van der Waals surface area contributed by atoms with E-state index in [0.29, 0.717) is 11.3 Å². The number of anilines is 1.